The second-order valence-electron chi connectivity index (χ2n) is 4.48. The Hall–Kier alpha value is -3.09. The van der Waals surface area contributed by atoms with Crippen molar-refractivity contribution >= 4 is 17.6 Å². The smallest absolute Gasteiger partial charge is 0.282 e. The van der Waals surface area contributed by atoms with Gasteiger partial charge in [-0.3, -0.25) is 15.1 Å². The zero-order valence-electron chi connectivity index (χ0n) is 13.0. The maximum atomic E-state index is 11.2. The van der Waals surface area contributed by atoms with E-state index in [1.54, 1.807) is 31.4 Å². The second-order valence-corrected chi connectivity index (χ2v) is 4.48. The number of nitrogens with zero attached hydrogens (tertiary/aromatic N) is 2. The van der Waals surface area contributed by atoms with Crippen LogP contribution >= 0.6 is 0 Å². The fraction of sp³-hybridized carbons (Fsp3) is 0.188. The van der Waals surface area contributed by atoms with Crippen molar-refractivity contribution in [3.05, 3.63) is 52.1 Å². The molecule has 7 nitrogen and oxygen atoms in total. The average molecular weight is 316 g/mol. The molecule has 0 aliphatic heterocycles. The fourth-order valence-electron chi connectivity index (χ4n) is 1.96. The molecule has 0 amide bonds. The number of hydrogen-bond donors (Lipinski definition) is 0. The number of nitro benzene ring substituents is 1. The van der Waals surface area contributed by atoms with Crippen molar-refractivity contribution in [1.29, 1.82) is 0 Å². The van der Waals surface area contributed by atoms with Crippen molar-refractivity contribution in [1.82, 2.24) is 0 Å². The van der Waals surface area contributed by atoms with Crippen molar-refractivity contribution in [3.63, 3.8) is 0 Å². The van der Waals surface area contributed by atoms with Gasteiger partial charge in [-0.2, -0.15) is 0 Å². The van der Waals surface area contributed by atoms with Crippen LogP contribution in [0.25, 0.3) is 0 Å². The van der Waals surface area contributed by atoms with Gasteiger partial charge in [0.2, 0.25) is 0 Å². The van der Waals surface area contributed by atoms with E-state index in [1.807, 2.05) is 0 Å². The van der Waals surface area contributed by atoms with Crippen LogP contribution in [0.3, 0.4) is 0 Å². The highest BCUT2D eigenvalue weighted by molar-refractivity contribution is 5.88. The van der Waals surface area contributed by atoms with E-state index in [4.69, 9.17) is 14.2 Å². The predicted molar refractivity (Wildman–Crippen MR) is 86.4 cm³/mol. The summed E-state index contributed by atoms with van der Waals surface area (Å²) < 4.78 is 15.3. The van der Waals surface area contributed by atoms with Crippen molar-refractivity contribution in [2.24, 2.45) is 4.99 Å². The van der Waals surface area contributed by atoms with Crippen molar-refractivity contribution < 1.29 is 19.1 Å². The summed E-state index contributed by atoms with van der Waals surface area (Å²) in [6.45, 7) is 0. The third kappa shape index (κ3) is 3.76. The quantitative estimate of drug-likeness (QED) is 0.463. The molecule has 0 spiro atoms. The van der Waals surface area contributed by atoms with Crippen molar-refractivity contribution in [2.75, 3.05) is 21.3 Å². The van der Waals surface area contributed by atoms with Gasteiger partial charge in [0.25, 0.3) is 5.69 Å². The molecule has 0 fully saturated rings. The lowest BCUT2D eigenvalue weighted by Crippen LogP contribution is -1.98. The van der Waals surface area contributed by atoms with Crippen LogP contribution in [-0.4, -0.2) is 32.5 Å². The fourth-order valence-corrected chi connectivity index (χ4v) is 1.96. The monoisotopic (exact) mass is 316 g/mol. The van der Waals surface area contributed by atoms with E-state index in [0.717, 1.165) is 0 Å². The molecule has 0 saturated carbocycles. The zero-order chi connectivity index (χ0) is 16.8. The molecule has 120 valence electrons. The van der Waals surface area contributed by atoms with Crippen LogP contribution in [0.4, 0.5) is 11.4 Å². The SMILES string of the molecule is COc1ccc(N=Cc2cc(OC)c(OC)cc2[N+](=O)[O-])cc1. The van der Waals surface area contributed by atoms with Gasteiger partial charge in [-0.15, -0.1) is 0 Å². The van der Waals surface area contributed by atoms with Crippen LogP contribution in [0.1, 0.15) is 5.56 Å². The summed E-state index contributed by atoms with van der Waals surface area (Å²) in [5.74, 6) is 1.40. The molecule has 0 aliphatic carbocycles. The van der Waals surface area contributed by atoms with Crippen LogP contribution in [0, 0.1) is 10.1 Å². The van der Waals surface area contributed by atoms with E-state index in [0.29, 0.717) is 28.5 Å². The van der Waals surface area contributed by atoms with Gasteiger partial charge >= 0.3 is 0 Å². The summed E-state index contributed by atoms with van der Waals surface area (Å²) in [4.78, 5) is 15.0. The van der Waals surface area contributed by atoms with E-state index < -0.39 is 4.92 Å². The van der Waals surface area contributed by atoms with Gasteiger partial charge in [-0.1, -0.05) is 0 Å². The van der Waals surface area contributed by atoms with Gasteiger partial charge in [0, 0.05) is 6.21 Å². The van der Waals surface area contributed by atoms with E-state index in [1.165, 1.54) is 32.6 Å². The summed E-state index contributed by atoms with van der Waals surface area (Å²) in [7, 11) is 4.46. The summed E-state index contributed by atoms with van der Waals surface area (Å²) in [5.41, 5.74) is 0.860. The Balaban J connectivity index is 2.40. The van der Waals surface area contributed by atoms with E-state index >= 15 is 0 Å². The Morgan fingerprint density at radius 2 is 1.61 bits per heavy atom. The van der Waals surface area contributed by atoms with E-state index in [9.17, 15) is 10.1 Å². The first kappa shape index (κ1) is 16.3. The molecule has 0 saturated heterocycles. The second kappa shape index (κ2) is 7.26. The van der Waals surface area contributed by atoms with E-state index in [-0.39, 0.29) is 5.69 Å². The van der Waals surface area contributed by atoms with Gasteiger partial charge in [0.1, 0.15) is 5.75 Å². The number of aliphatic imine (C=N–C) groups is 1. The number of hydrogen-bond acceptors (Lipinski definition) is 6. The molecule has 23 heavy (non-hydrogen) atoms. The highest BCUT2D eigenvalue weighted by Crippen LogP contribution is 2.34. The largest absolute Gasteiger partial charge is 0.497 e. The molecule has 2 rings (SSSR count). The van der Waals surface area contributed by atoms with Gasteiger partial charge in [-0.05, 0) is 30.3 Å². The molecule has 2 aromatic rings. The molecule has 0 radical (unpaired) electrons. The summed E-state index contributed by atoms with van der Waals surface area (Å²) in [6, 6.07) is 9.85. The number of benzene rings is 2. The maximum absolute atomic E-state index is 11.2. The lowest BCUT2D eigenvalue weighted by molar-refractivity contribution is -0.385. The van der Waals surface area contributed by atoms with Gasteiger partial charge in [-0.25, -0.2) is 0 Å². The van der Waals surface area contributed by atoms with Gasteiger partial charge in [0.05, 0.1) is 43.6 Å². The molecular formula is C16H16N2O5. The lowest BCUT2D eigenvalue weighted by atomic mass is 10.1. The van der Waals surface area contributed by atoms with Crippen LogP contribution < -0.4 is 14.2 Å². The molecule has 0 aliphatic rings. The van der Waals surface area contributed by atoms with Crippen LogP contribution in [-0.2, 0) is 0 Å². The van der Waals surface area contributed by atoms with Gasteiger partial charge in [0.15, 0.2) is 11.5 Å². The minimum absolute atomic E-state index is 0.111. The Bertz CT molecular complexity index is 726. The molecule has 0 unspecified atom stereocenters. The molecule has 0 bridgehead atoms. The zero-order valence-corrected chi connectivity index (χ0v) is 13.0. The summed E-state index contributed by atoms with van der Waals surface area (Å²) in [6.07, 6.45) is 1.42. The highest BCUT2D eigenvalue weighted by atomic mass is 16.6. The number of ether oxygens (including phenoxy) is 3. The molecule has 0 heterocycles. The number of nitro groups is 1. The van der Waals surface area contributed by atoms with Crippen molar-refractivity contribution in [3.8, 4) is 17.2 Å². The molecule has 0 aromatic heterocycles. The topological polar surface area (TPSA) is 83.2 Å². The minimum atomic E-state index is -0.489. The summed E-state index contributed by atoms with van der Waals surface area (Å²) >= 11 is 0. The molecule has 7 heteroatoms. The average Bonchev–Trinajstić information content (AvgIpc) is 2.59. The van der Waals surface area contributed by atoms with Crippen molar-refractivity contribution in [2.45, 2.75) is 0 Å². The van der Waals surface area contributed by atoms with Gasteiger partial charge < -0.3 is 14.2 Å². The highest BCUT2D eigenvalue weighted by Gasteiger charge is 2.18. The minimum Gasteiger partial charge on any atom is -0.497 e. The Kier molecular flexibility index (Phi) is 5.14. The number of methoxy groups -OCH3 is 3. The third-order valence-corrected chi connectivity index (χ3v) is 3.15. The third-order valence-electron chi connectivity index (χ3n) is 3.15. The van der Waals surface area contributed by atoms with Crippen LogP contribution in [0.15, 0.2) is 41.4 Å². The number of rotatable bonds is 6. The lowest BCUT2D eigenvalue weighted by Gasteiger charge is -2.08. The Morgan fingerprint density at radius 1 is 1.00 bits per heavy atom. The molecular weight excluding hydrogens is 300 g/mol. The normalized spacial score (nSPS) is 10.6. The van der Waals surface area contributed by atoms with Crippen LogP contribution in [0.2, 0.25) is 0 Å². The molecule has 0 atom stereocenters. The first-order valence-corrected chi connectivity index (χ1v) is 6.67. The standard InChI is InChI=1S/C16H16N2O5/c1-21-13-6-4-12(5-7-13)17-10-11-8-15(22-2)16(23-3)9-14(11)18(19)20/h4-10H,1-3H3. The summed E-state index contributed by atoms with van der Waals surface area (Å²) in [5, 5.41) is 11.2. The Labute approximate surface area is 133 Å². The first-order chi connectivity index (χ1) is 11.1. The Morgan fingerprint density at radius 3 is 2.13 bits per heavy atom. The predicted octanol–water partition coefficient (Wildman–Crippen LogP) is 3.37. The first-order valence-electron chi connectivity index (χ1n) is 6.67. The molecule has 0 N–H and O–H groups in total. The molecule has 2 aromatic carbocycles. The van der Waals surface area contributed by atoms with Crippen LogP contribution in [0.5, 0.6) is 17.2 Å². The van der Waals surface area contributed by atoms with E-state index in [2.05, 4.69) is 4.99 Å². The maximum Gasteiger partial charge on any atom is 0.282 e.